The molecule has 4 aliphatic rings. The molecule has 0 radical (unpaired) electrons. The fraction of sp³-hybridized carbons (Fsp3) is 0.741. The van der Waals surface area contributed by atoms with Crippen LogP contribution in [0, 0.1) is 40.4 Å². The number of rotatable bonds is 2. The van der Waals surface area contributed by atoms with Crippen molar-refractivity contribution in [3.63, 3.8) is 0 Å². The highest BCUT2D eigenvalue weighted by Gasteiger charge is 2.61. The number of benzene rings is 1. The van der Waals surface area contributed by atoms with E-state index in [9.17, 15) is 9.90 Å². The van der Waals surface area contributed by atoms with Gasteiger partial charge in [-0.05, 0) is 111 Å². The highest BCUT2D eigenvalue weighted by Crippen LogP contribution is 2.68. The van der Waals surface area contributed by atoms with Gasteiger partial charge in [-0.25, -0.2) is 0 Å². The highest BCUT2D eigenvalue weighted by molar-refractivity contribution is 6.31. The van der Waals surface area contributed by atoms with E-state index in [-0.39, 0.29) is 11.3 Å². The zero-order valence-electron chi connectivity index (χ0n) is 18.8. The summed E-state index contributed by atoms with van der Waals surface area (Å²) in [7, 11) is 0. The SMILES string of the molecule is C[C@@]1(O)CC[C@@]2(C)[C@@H](CC[C@H]3C4CC[C@H](C(=O)c5cccc(Cl)c5)[C@@]4(C)CC[C@@H]32)C1. The maximum atomic E-state index is 13.5. The lowest BCUT2D eigenvalue weighted by Crippen LogP contribution is -2.55. The van der Waals surface area contributed by atoms with Crippen LogP contribution >= 0.6 is 11.6 Å². The van der Waals surface area contributed by atoms with Crippen molar-refractivity contribution in [1.82, 2.24) is 0 Å². The predicted octanol–water partition coefficient (Wildman–Crippen LogP) is 6.93. The monoisotopic (exact) mass is 428 g/mol. The molecule has 0 amide bonds. The maximum absolute atomic E-state index is 13.5. The van der Waals surface area contributed by atoms with Crippen LogP contribution in [0.15, 0.2) is 24.3 Å². The van der Waals surface area contributed by atoms with Crippen molar-refractivity contribution in [2.24, 2.45) is 40.4 Å². The van der Waals surface area contributed by atoms with Gasteiger partial charge in [0.15, 0.2) is 5.78 Å². The number of Topliss-reactive ketones (excluding diaryl/α,β-unsaturated/α-hetero) is 1. The van der Waals surface area contributed by atoms with Gasteiger partial charge in [0, 0.05) is 16.5 Å². The summed E-state index contributed by atoms with van der Waals surface area (Å²) in [4.78, 5) is 13.5. The average Bonchev–Trinajstić information content (AvgIpc) is 3.05. The van der Waals surface area contributed by atoms with Crippen LogP contribution in [0.2, 0.25) is 5.02 Å². The first-order valence-corrected chi connectivity index (χ1v) is 12.5. The standard InChI is InChI=1S/C27H37ClO2/c1-25(30)13-14-26(2)18(16-25)7-8-20-21-9-10-23(27(21,3)12-11-22(20)26)24(29)17-5-4-6-19(28)15-17/h4-6,15,18,20-23,30H,7-14,16H2,1-3H3/t18-,20-,21?,22-,23+,25+,26-,27-/m0/s1. The molecule has 1 aromatic carbocycles. The van der Waals surface area contributed by atoms with Crippen LogP contribution in [0.4, 0.5) is 0 Å². The van der Waals surface area contributed by atoms with E-state index in [0.717, 1.165) is 36.7 Å². The summed E-state index contributed by atoms with van der Waals surface area (Å²) in [6, 6.07) is 7.55. The van der Waals surface area contributed by atoms with Crippen molar-refractivity contribution < 1.29 is 9.90 Å². The quantitative estimate of drug-likeness (QED) is 0.518. The van der Waals surface area contributed by atoms with Gasteiger partial charge in [-0.3, -0.25) is 4.79 Å². The molecule has 164 valence electrons. The molecule has 0 aromatic heterocycles. The molecule has 4 aliphatic carbocycles. The van der Waals surface area contributed by atoms with E-state index in [1.807, 2.05) is 31.2 Å². The Hall–Kier alpha value is -0.860. The topological polar surface area (TPSA) is 37.3 Å². The first-order valence-electron chi connectivity index (χ1n) is 12.2. The van der Waals surface area contributed by atoms with E-state index in [0.29, 0.717) is 28.1 Å². The van der Waals surface area contributed by atoms with Crippen molar-refractivity contribution >= 4 is 17.4 Å². The second-order valence-electron chi connectivity index (χ2n) is 11.9. The summed E-state index contributed by atoms with van der Waals surface area (Å²) in [5.41, 5.74) is 0.828. The Morgan fingerprint density at radius 1 is 0.967 bits per heavy atom. The van der Waals surface area contributed by atoms with Crippen LogP contribution in [0.3, 0.4) is 0 Å². The average molecular weight is 429 g/mol. The van der Waals surface area contributed by atoms with E-state index in [1.54, 1.807) is 0 Å². The number of halogens is 1. The molecule has 0 aliphatic heterocycles. The lowest BCUT2D eigenvalue weighted by atomic mass is 9.44. The zero-order chi connectivity index (χ0) is 21.3. The summed E-state index contributed by atoms with van der Waals surface area (Å²) in [5.74, 6) is 3.31. The van der Waals surface area contributed by atoms with Crippen LogP contribution < -0.4 is 0 Å². The Labute approximate surface area is 186 Å². The predicted molar refractivity (Wildman–Crippen MR) is 122 cm³/mol. The summed E-state index contributed by atoms with van der Waals surface area (Å²) in [6.45, 7) is 7.00. The van der Waals surface area contributed by atoms with Gasteiger partial charge in [0.05, 0.1) is 5.60 Å². The molecule has 5 rings (SSSR count). The maximum Gasteiger partial charge on any atom is 0.166 e. The van der Waals surface area contributed by atoms with Gasteiger partial charge < -0.3 is 5.11 Å². The third-order valence-electron chi connectivity index (χ3n) is 10.4. The first-order chi connectivity index (χ1) is 14.1. The Kier molecular flexibility index (Phi) is 4.95. The van der Waals surface area contributed by atoms with Crippen molar-refractivity contribution in [2.75, 3.05) is 0 Å². The second-order valence-corrected chi connectivity index (χ2v) is 12.3. The minimum Gasteiger partial charge on any atom is -0.390 e. The van der Waals surface area contributed by atoms with Crippen LogP contribution in [0.5, 0.6) is 0 Å². The lowest BCUT2D eigenvalue weighted by molar-refractivity contribution is -0.144. The van der Waals surface area contributed by atoms with Gasteiger partial charge in [-0.2, -0.15) is 0 Å². The second kappa shape index (κ2) is 7.07. The number of aliphatic hydroxyl groups is 1. The lowest BCUT2D eigenvalue weighted by Gasteiger charge is -2.61. The molecule has 0 saturated heterocycles. The summed E-state index contributed by atoms with van der Waals surface area (Å²) < 4.78 is 0. The van der Waals surface area contributed by atoms with Crippen LogP contribution in [0.1, 0.15) is 88.9 Å². The fourth-order valence-corrected chi connectivity index (χ4v) is 8.90. The van der Waals surface area contributed by atoms with Crippen molar-refractivity contribution in [3.8, 4) is 0 Å². The molecule has 8 atom stereocenters. The molecule has 0 bridgehead atoms. The number of carbonyl (C=O) groups is 1. The van der Waals surface area contributed by atoms with Gasteiger partial charge in [-0.15, -0.1) is 0 Å². The molecule has 4 fully saturated rings. The van der Waals surface area contributed by atoms with Gasteiger partial charge in [0.25, 0.3) is 0 Å². The number of ketones is 1. The van der Waals surface area contributed by atoms with Gasteiger partial charge in [-0.1, -0.05) is 37.6 Å². The summed E-state index contributed by atoms with van der Waals surface area (Å²) in [6.07, 6.45) is 10.3. The summed E-state index contributed by atoms with van der Waals surface area (Å²) in [5, 5.41) is 11.3. The van der Waals surface area contributed by atoms with Crippen LogP contribution in [-0.2, 0) is 0 Å². The Morgan fingerprint density at radius 3 is 2.50 bits per heavy atom. The third kappa shape index (κ3) is 3.12. The largest absolute Gasteiger partial charge is 0.390 e. The number of carbonyl (C=O) groups excluding carboxylic acids is 1. The van der Waals surface area contributed by atoms with E-state index < -0.39 is 5.60 Å². The molecular formula is C27H37ClO2. The Balaban J connectivity index is 1.40. The molecule has 2 nitrogen and oxygen atoms in total. The molecule has 1 N–H and O–H groups in total. The van der Waals surface area contributed by atoms with Gasteiger partial charge >= 0.3 is 0 Å². The smallest absolute Gasteiger partial charge is 0.166 e. The Bertz CT molecular complexity index is 847. The normalized spacial score (nSPS) is 47.8. The number of hydrogen-bond acceptors (Lipinski definition) is 2. The van der Waals surface area contributed by atoms with Gasteiger partial charge in [0.1, 0.15) is 0 Å². The van der Waals surface area contributed by atoms with E-state index in [4.69, 9.17) is 11.6 Å². The van der Waals surface area contributed by atoms with Gasteiger partial charge in [0.2, 0.25) is 0 Å². The first kappa shape index (κ1) is 21.0. The molecule has 0 spiro atoms. The minimum absolute atomic E-state index is 0.129. The van der Waals surface area contributed by atoms with E-state index in [1.165, 1.54) is 38.5 Å². The van der Waals surface area contributed by atoms with E-state index in [2.05, 4.69) is 13.8 Å². The fourth-order valence-electron chi connectivity index (χ4n) is 8.70. The van der Waals surface area contributed by atoms with Crippen molar-refractivity contribution in [3.05, 3.63) is 34.9 Å². The molecule has 30 heavy (non-hydrogen) atoms. The molecular weight excluding hydrogens is 392 g/mol. The number of hydrogen-bond donors (Lipinski definition) is 1. The van der Waals surface area contributed by atoms with Crippen molar-refractivity contribution in [2.45, 2.75) is 84.2 Å². The molecule has 1 unspecified atom stereocenters. The van der Waals surface area contributed by atoms with Crippen LogP contribution in [0.25, 0.3) is 0 Å². The highest BCUT2D eigenvalue weighted by atomic mass is 35.5. The molecule has 0 heterocycles. The third-order valence-corrected chi connectivity index (χ3v) is 10.6. The van der Waals surface area contributed by atoms with E-state index >= 15 is 0 Å². The molecule has 1 aromatic rings. The number of fused-ring (bicyclic) bond motifs is 5. The molecule has 3 heteroatoms. The molecule has 4 saturated carbocycles. The summed E-state index contributed by atoms with van der Waals surface area (Å²) >= 11 is 6.19. The van der Waals surface area contributed by atoms with Crippen molar-refractivity contribution in [1.29, 1.82) is 0 Å². The minimum atomic E-state index is -0.470. The Morgan fingerprint density at radius 2 is 1.73 bits per heavy atom. The zero-order valence-corrected chi connectivity index (χ0v) is 19.5. The van der Waals surface area contributed by atoms with Crippen LogP contribution in [-0.4, -0.2) is 16.5 Å².